The van der Waals surface area contributed by atoms with Gasteiger partial charge in [0.05, 0.1) is 13.0 Å². The number of nitrogens with one attached hydrogen (secondary N) is 1. The molecule has 1 aliphatic carbocycles. The molecule has 0 fully saturated rings. The number of anilines is 1. The summed E-state index contributed by atoms with van der Waals surface area (Å²) in [7, 11) is -3.93. The maximum absolute atomic E-state index is 16.6. The van der Waals surface area contributed by atoms with Crippen molar-refractivity contribution < 1.29 is 50.2 Å². The SMILES string of the molecule is CC(C)(C)c1cc(CN(C(=O)CC2(F)C(F)=C(F)C(F)=C(F)C2(C)N[SH](=O)=O)c2ccc(C(=O)O)c(O)c2)cc(C(C)(C)C)c1. The van der Waals surface area contributed by atoms with Gasteiger partial charge in [0.2, 0.25) is 16.8 Å². The Morgan fingerprint density at radius 2 is 1.40 bits per heavy atom. The molecular formula is C31H35F5N2O6S. The number of aromatic hydroxyl groups is 1. The van der Waals surface area contributed by atoms with Gasteiger partial charge in [-0.15, -0.1) is 0 Å². The van der Waals surface area contributed by atoms with E-state index in [1.807, 2.05) is 47.6 Å². The lowest BCUT2D eigenvalue weighted by molar-refractivity contribution is -0.122. The molecule has 14 heteroatoms. The molecular weight excluding hydrogens is 623 g/mol. The van der Waals surface area contributed by atoms with Crippen molar-refractivity contribution >= 4 is 28.5 Å². The van der Waals surface area contributed by atoms with Gasteiger partial charge < -0.3 is 15.1 Å². The number of aromatic carboxylic acids is 1. The van der Waals surface area contributed by atoms with Crippen molar-refractivity contribution in [2.45, 2.75) is 83.5 Å². The minimum atomic E-state index is -4.10. The number of nitrogens with zero attached hydrogens (tertiary/aromatic N) is 1. The summed E-state index contributed by atoms with van der Waals surface area (Å²) in [6, 6.07) is 8.40. The lowest BCUT2D eigenvalue weighted by Crippen LogP contribution is -2.62. The molecule has 2 unspecified atom stereocenters. The highest BCUT2D eigenvalue weighted by atomic mass is 32.2. The predicted octanol–water partition coefficient (Wildman–Crippen LogP) is 6.51. The fourth-order valence-corrected chi connectivity index (χ4v) is 5.52. The van der Waals surface area contributed by atoms with Gasteiger partial charge in [-0.05, 0) is 46.6 Å². The molecule has 2 aromatic rings. The van der Waals surface area contributed by atoms with Gasteiger partial charge in [-0.2, -0.15) is 0 Å². The Kier molecular flexibility index (Phi) is 9.68. The van der Waals surface area contributed by atoms with Crippen LogP contribution in [0.5, 0.6) is 5.75 Å². The van der Waals surface area contributed by atoms with Gasteiger partial charge in [-0.25, -0.2) is 39.9 Å². The summed E-state index contributed by atoms with van der Waals surface area (Å²) in [5.74, 6) is -13.6. The fourth-order valence-electron chi connectivity index (χ4n) is 4.88. The third kappa shape index (κ3) is 6.91. The monoisotopic (exact) mass is 658 g/mol. The number of carboxylic acid groups (broad SMARTS) is 1. The number of hydrogen-bond acceptors (Lipinski definition) is 5. The fraction of sp³-hybridized carbons (Fsp3) is 0.419. The lowest BCUT2D eigenvalue weighted by Gasteiger charge is -2.42. The molecule has 0 saturated heterocycles. The second kappa shape index (κ2) is 12.2. The van der Waals surface area contributed by atoms with Gasteiger partial charge in [0, 0.05) is 11.8 Å². The van der Waals surface area contributed by atoms with Crippen LogP contribution in [-0.2, 0) is 33.1 Å². The molecule has 0 saturated carbocycles. The zero-order valence-electron chi connectivity index (χ0n) is 25.7. The van der Waals surface area contributed by atoms with Crippen LogP contribution in [0.4, 0.5) is 27.6 Å². The molecule has 1 aliphatic rings. The molecule has 45 heavy (non-hydrogen) atoms. The Labute approximate surface area is 259 Å². The molecule has 3 rings (SSSR count). The minimum Gasteiger partial charge on any atom is -0.507 e. The number of carbonyl (C=O) groups is 2. The molecule has 0 aromatic heterocycles. The number of benzene rings is 2. The number of rotatable bonds is 8. The summed E-state index contributed by atoms with van der Waals surface area (Å²) in [6.07, 6.45) is -1.74. The molecule has 8 nitrogen and oxygen atoms in total. The second-order valence-electron chi connectivity index (χ2n) is 13.1. The van der Waals surface area contributed by atoms with Crippen LogP contribution in [0.3, 0.4) is 0 Å². The van der Waals surface area contributed by atoms with Gasteiger partial charge in [0.15, 0.2) is 29.0 Å². The standard InChI is InChI=1S/C31H35F5N2O6S/c1-28(2,3)17-10-16(11-18(12-17)29(4,5)6)15-38(19-8-9-20(27(41)42)21(39)13-19)22(40)14-31(36)26(35)24(33)23(32)25(34)30(31,7)37-45(43)44/h8-13,39,45H,14-15H2,1-7H3,(H,41,42)(H,37,43,44). The largest absolute Gasteiger partial charge is 0.507 e. The van der Waals surface area contributed by atoms with Gasteiger partial charge in [0.1, 0.15) is 16.9 Å². The van der Waals surface area contributed by atoms with E-state index in [9.17, 15) is 41.4 Å². The number of allylic oxidation sites excluding steroid dienone is 2. The molecule has 0 heterocycles. The van der Waals surface area contributed by atoms with Gasteiger partial charge in [-0.1, -0.05) is 59.7 Å². The van der Waals surface area contributed by atoms with E-state index in [4.69, 9.17) is 0 Å². The molecule has 0 radical (unpaired) electrons. The van der Waals surface area contributed by atoms with E-state index in [1.165, 1.54) is 4.72 Å². The molecule has 0 aliphatic heterocycles. The minimum absolute atomic E-state index is 0.211. The maximum atomic E-state index is 16.6. The first-order chi connectivity index (χ1) is 20.4. The number of amides is 1. The zero-order chi connectivity index (χ0) is 34.4. The smallest absolute Gasteiger partial charge is 0.339 e. The quantitative estimate of drug-likeness (QED) is 0.190. The van der Waals surface area contributed by atoms with Crippen LogP contribution in [0.2, 0.25) is 0 Å². The van der Waals surface area contributed by atoms with Crippen molar-refractivity contribution in [3.05, 3.63) is 82.0 Å². The van der Waals surface area contributed by atoms with Crippen LogP contribution in [0, 0.1) is 0 Å². The zero-order valence-corrected chi connectivity index (χ0v) is 26.6. The van der Waals surface area contributed by atoms with Crippen LogP contribution in [0.1, 0.15) is 81.9 Å². The summed E-state index contributed by atoms with van der Waals surface area (Å²) in [4.78, 5) is 26.2. The second-order valence-corrected chi connectivity index (χ2v) is 13.9. The van der Waals surface area contributed by atoms with Crippen molar-refractivity contribution in [2.75, 3.05) is 4.90 Å². The van der Waals surface area contributed by atoms with E-state index in [0.29, 0.717) is 12.5 Å². The summed E-state index contributed by atoms with van der Waals surface area (Å²) >= 11 is 0. The highest BCUT2D eigenvalue weighted by Gasteiger charge is 2.63. The van der Waals surface area contributed by atoms with Crippen LogP contribution in [-0.4, -0.2) is 41.7 Å². The Balaban J connectivity index is 2.25. The molecule has 0 bridgehead atoms. The van der Waals surface area contributed by atoms with E-state index >= 15 is 8.78 Å². The third-order valence-corrected chi connectivity index (χ3v) is 8.39. The Bertz CT molecular complexity index is 1650. The van der Waals surface area contributed by atoms with E-state index in [0.717, 1.165) is 34.2 Å². The van der Waals surface area contributed by atoms with Gasteiger partial charge >= 0.3 is 5.97 Å². The molecule has 2 aromatic carbocycles. The first-order valence-corrected chi connectivity index (χ1v) is 14.9. The predicted molar refractivity (Wildman–Crippen MR) is 159 cm³/mol. The maximum Gasteiger partial charge on any atom is 0.339 e. The molecule has 246 valence electrons. The highest BCUT2D eigenvalue weighted by Crippen LogP contribution is 2.51. The number of alkyl halides is 1. The van der Waals surface area contributed by atoms with Crippen molar-refractivity contribution in [3.8, 4) is 5.75 Å². The van der Waals surface area contributed by atoms with Gasteiger partial charge in [0.25, 0.3) is 0 Å². The van der Waals surface area contributed by atoms with Crippen molar-refractivity contribution in [2.24, 2.45) is 0 Å². The van der Waals surface area contributed by atoms with Crippen LogP contribution >= 0.6 is 0 Å². The number of carbonyl (C=O) groups excluding carboxylic acids is 1. The van der Waals surface area contributed by atoms with Crippen molar-refractivity contribution in [3.63, 3.8) is 0 Å². The van der Waals surface area contributed by atoms with E-state index < -0.39 is 81.6 Å². The number of phenols is 1. The highest BCUT2D eigenvalue weighted by molar-refractivity contribution is 7.70. The summed E-state index contributed by atoms with van der Waals surface area (Å²) < 4.78 is 99.7. The third-order valence-electron chi connectivity index (χ3n) is 7.76. The van der Waals surface area contributed by atoms with Crippen molar-refractivity contribution in [1.29, 1.82) is 0 Å². The van der Waals surface area contributed by atoms with Crippen LogP contribution in [0.15, 0.2) is 59.7 Å². The lowest BCUT2D eigenvalue weighted by atomic mass is 9.75. The normalized spacial score (nSPS) is 21.0. The molecule has 0 spiro atoms. The van der Waals surface area contributed by atoms with Crippen LogP contribution < -0.4 is 9.62 Å². The average molecular weight is 659 g/mol. The summed E-state index contributed by atoms with van der Waals surface area (Å²) in [5, 5.41) is 19.7. The van der Waals surface area contributed by atoms with E-state index in [2.05, 4.69) is 0 Å². The first-order valence-electron chi connectivity index (χ1n) is 13.7. The Morgan fingerprint density at radius 3 is 1.84 bits per heavy atom. The molecule has 3 N–H and O–H groups in total. The Hall–Kier alpha value is -3.78. The molecule has 2 atom stereocenters. The van der Waals surface area contributed by atoms with Crippen LogP contribution in [0.25, 0.3) is 0 Å². The summed E-state index contributed by atoms with van der Waals surface area (Å²) in [6.45, 7) is 11.7. The number of halogens is 5. The number of carboxylic acids is 1. The average Bonchev–Trinajstić information content (AvgIpc) is 2.91. The van der Waals surface area contributed by atoms with E-state index in [-0.39, 0.29) is 16.5 Å². The number of thiol groups is 1. The van der Waals surface area contributed by atoms with Gasteiger partial charge in [-0.3, -0.25) is 4.79 Å². The molecule has 1 amide bonds. The number of hydrogen-bond donors (Lipinski definition) is 4. The Morgan fingerprint density at radius 1 is 0.889 bits per heavy atom. The van der Waals surface area contributed by atoms with E-state index in [1.54, 1.807) is 12.1 Å². The topological polar surface area (TPSA) is 124 Å². The van der Waals surface area contributed by atoms with Crippen molar-refractivity contribution in [1.82, 2.24) is 4.72 Å². The summed E-state index contributed by atoms with van der Waals surface area (Å²) in [5.41, 5.74) is -6.91. The first kappa shape index (κ1) is 35.7.